The predicted octanol–water partition coefficient (Wildman–Crippen LogP) is 1.68. The third kappa shape index (κ3) is 3.14. The number of benzene rings is 1. The topological polar surface area (TPSA) is 89.0 Å². The molecule has 0 aliphatic heterocycles. The molecule has 1 heterocycles. The van der Waals surface area contributed by atoms with Gasteiger partial charge < -0.3 is 0 Å². The predicted molar refractivity (Wildman–Crippen MR) is 78.8 cm³/mol. The van der Waals surface area contributed by atoms with Gasteiger partial charge in [0.05, 0.1) is 10.5 Å². The molecule has 0 aliphatic rings. The highest BCUT2D eigenvalue weighted by molar-refractivity contribution is 7.90. The minimum absolute atomic E-state index is 0.129. The lowest BCUT2D eigenvalue weighted by Crippen LogP contribution is -2.21. The number of rotatable bonds is 3. The number of carbonyl (C=O) groups excluding carboxylic acids is 1. The van der Waals surface area contributed by atoms with Crippen LogP contribution >= 0.6 is 0 Å². The summed E-state index contributed by atoms with van der Waals surface area (Å²) in [5.41, 5.74) is -2.89. The highest BCUT2D eigenvalue weighted by atomic mass is 32.2. The number of alkyl halides is 3. The van der Waals surface area contributed by atoms with Crippen molar-refractivity contribution in [2.45, 2.75) is 18.0 Å². The number of hydrogen-bond donors (Lipinski definition) is 1. The van der Waals surface area contributed by atoms with E-state index in [1.807, 2.05) is 0 Å². The van der Waals surface area contributed by atoms with Gasteiger partial charge in [-0.2, -0.15) is 13.2 Å². The minimum Gasteiger partial charge on any atom is -0.299 e. The number of aromatic nitrogens is 2. The quantitative estimate of drug-likeness (QED) is 0.842. The van der Waals surface area contributed by atoms with Crippen molar-refractivity contribution < 1.29 is 26.4 Å². The lowest BCUT2D eigenvalue weighted by molar-refractivity contribution is -0.137. The average Bonchev–Trinajstić information content (AvgIpc) is 2.69. The molecule has 2 aromatic rings. The van der Waals surface area contributed by atoms with Gasteiger partial charge in [-0.05, 0) is 25.1 Å². The van der Waals surface area contributed by atoms with E-state index < -0.39 is 48.9 Å². The minimum atomic E-state index is -4.76. The highest BCUT2D eigenvalue weighted by Crippen LogP contribution is 2.32. The molecule has 6 nitrogen and oxygen atoms in total. The first-order valence-corrected chi connectivity index (χ1v) is 8.44. The molecule has 0 radical (unpaired) electrons. The summed E-state index contributed by atoms with van der Waals surface area (Å²) in [6.45, 7) is 1.39. The first kappa shape index (κ1) is 18.0. The Morgan fingerprint density at radius 1 is 1.25 bits per heavy atom. The van der Waals surface area contributed by atoms with Crippen LogP contribution in [0.1, 0.15) is 27.2 Å². The van der Waals surface area contributed by atoms with Crippen LogP contribution in [0, 0.1) is 6.92 Å². The van der Waals surface area contributed by atoms with Crippen LogP contribution in [0.3, 0.4) is 0 Å². The third-order valence-electron chi connectivity index (χ3n) is 3.41. The van der Waals surface area contributed by atoms with Gasteiger partial charge in [0.15, 0.2) is 9.84 Å². The van der Waals surface area contributed by atoms with Gasteiger partial charge in [-0.25, -0.2) is 8.42 Å². The molecule has 0 unspecified atom stereocenters. The van der Waals surface area contributed by atoms with Crippen molar-refractivity contribution in [2.75, 3.05) is 6.26 Å². The van der Waals surface area contributed by atoms with E-state index in [0.29, 0.717) is 12.1 Å². The number of sulfone groups is 1. The van der Waals surface area contributed by atoms with Crippen LogP contribution in [0.5, 0.6) is 0 Å². The first-order valence-electron chi connectivity index (χ1n) is 6.55. The van der Waals surface area contributed by atoms with E-state index in [4.69, 9.17) is 0 Å². The molecular formula is C14H13F3N2O4S. The van der Waals surface area contributed by atoms with Crippen LogP contribution in [0.4, 0.5) is 13.2 Å². The number of hydrogen-bond acceptors (Lipinski definition) is 4. The van der Waals surface area contributed by atoms with Crippen LogP contribution in [-0.4, -0.2) is 30.2 Å². The van der Waals surface area contributed by atoms with Crippen molar-refractivity contribution in [3.05, 3.63) is 50.9 Å². The monoisotopic (exact) mass is 362 g/mol. The van der Waals surface area contributed by atoms with Crippen LogP contribution in [-0.2, 0) is 23.1 Å². The molecule has 0 spiro atoms. The summed E-state index contributed by atoms with van der Waals surface area (Å²) in [6.07, 6.45) is -3.99. The standard InChI is InChI=1S/C14H13F3N2O4S/c1-7-11(13(21)19(2)18-7)12(20)9-6-8(14(15,16)17)4-5-10(9)24(3,22)23/h4-6,18H,1-3H3. The maximum atomic E-state index is 12.9. The van der Waals surface area contributed by atoms with E-state index >= 15 is 0 Å². The SMILES string of the molecule is Cc1[nH]n(C)c(=O)c1C(=O)c1cc(C(F)(F)F)ccc1S(C)(=O)=O. The summed E-state index contributed by atoms with van der Waals surface area (Å²) in [4.78, 5) is 24.0. The van der Waals surface area contributed by atoms with Crippen molar-refractivity contribution in [3.63, 3.8) is 0 Å². The Labute approximate surface area is 134 Å². The lowest BCUT2D eigenvalue weighted by Gasteiger charge is -2.11. The van der Waals surface area contributed by atoms with Gasteiger partial charge in [0.25, 0.3) is 5.56 Å². The Bertz CT molecular complexity index is 984. The maximum absolute atomic E-state index is 12.9. The molecule has 0 atom stereocenters. The Morgan fingerprint density at radius 3 is 2.25 bits per heavy atom. The number of aromatic amines is 1. The maximum Gasteiger partial charge on any atom is 0.416 e. The van der Waals surface area contributed by atoms with E-state index in [1.54, 1.807) is 0 Å². The molecule has 0 amide bonds. The van der Waals surface area contributed by atoms with Gasteiger partial charge in [0.2, 0.25) is 5.78 Å². The molecule has 1 N–H and O–H groups in total. The van der Waals surface area contributed by atoms with Crippen molar-refractivity contribution in [3.8, 4) is 0 Å². The number of H-pyrrole nitrogens is 1. The fourth-order valence-corrected chi connectivity index (χ4v) is 3.16. The van der Waals surface area contributed by atoms with Crippen molar-refractivity contribution >= 4 is 15.6 Å². The number of halogens is 3. The zero-order chi connectivity index (χ0) is 18.4. The van der Waals surface area contributed by atoms with E-state index in [-0.39, 0.29) is 5.69 Å². The fraction of sp³-hybridized carbons (Fsp3) is 0.286. The van der Waals surface area contributed by atoms with Crippen molar-refractivity contribution in [1.82, 2.24) is 9.78 Å². The fourth-order valence-electron chi connectivity index (χ4n) is 2.30. The summed E-state index contributed by atoms with van der Waals surface area (Å²) < 4.78 is 63.3. The second-order valence-electron chi connectivity index (χ2n) is 5.29. The molecular weight excluding hydrogens is 349 g/mol. The van der Waals surface area contributed by atoms with Gasteiger partial charge in [0, 0.05) is 24.6 Å². The number of aryl methyl sites for hydroxylation is 2. The van der Waals surface area contributed by atoms with Crippen LogP contribution in [0.25, 0.3) is 0 Å². The summed E-state index contributed by atoms with van der Waals surface area (Å²) in [5, 5.41) is 2.54. The second-order valence-corrected chi connectivity index (χ2v) is 7.27. The molecule has 0 saturated heterocycles. The molecule has 0 bridgehead atoms. The summed E-state index contributed by atoms with van der Waals surface area (Å²) >= 11 is 0. The molecule has 24 heavy (non-hydrogen) atoms. The van der Waals surface area contributed by atoms with E-state index in [9.17, 15) is 31.2 Å². The number of carbonyl (C=O) groups is 1. The molecule has 0 saturated carbocycles. The molecule has 0 aliphatic carbocycles. The normalized spacial score (nSPS) is 12.4. The Morgan fingerprint density at radius 2 is 1.83 bits per heavy atom. The second kappa shape index (κ2) is 5.62. The number of nitrogens with one attached hydrogen (secondary N) is 1. The third-order valence-corrected chi connectivity index (χ3v) is 4.56. The Kier molecular flexibility index (Phi) is 4.21. The molecule has 2 rings (SSSR count). The van der Waals surface area contributed by atoms with E-state index in [0.717, 1.165) is 17.0 Å². The summed E-state index contributed by atoms with van der Waals surface area (Å²) in [5.74, 6) is -1.08. The largest absolute Gasteiger partial charge is 0.416 e. The highest BCUT2D eigenvalue weighted by Gasteiger charge is 2.34. The van der Waals surface area contributed by atoms with Gasteiger partial charge in [-0.15, -0.1) is 0 Å². The molecule has 0 fully saturated rings. The lowest BCUT2D eigenvalue weighted by atomic mass is 10.0. The summed E-state index contributed by atoms with van der Waals surface area (Å²) in [6, 6.07) is 1.75. The van der Waals surface area contributed by atoms with Gasteiger partial charge in [-0.3, -0.25) is 19.4 Å². The van der Waals surface area contributed by atoms with Crippen molar-refractivity contribution in [1.29, 1.82) is 0 Å². The molecule has 130 valence electrons. The number of nitrogens with zero attached hydrogens (tertiary/aromatic N) is 1. The molecule has 1 aromatic heterocycles. The van der Waals surface area contributed by atoms with Crippen LogP contribution in [0.2, 0.25) is 0 Å². The van der Waals surface area contributed by atoms with E-state index in [1.165, 1.54) is 14.0 Å². The van der Waals surface area contributed by atoms with E-state index in [2.05, 4.69) is 5.10 Å². The molecule has 1 aromatic carbocycles. The van der Waals surface area contributed by atoms with Gasteiger partial charge in [-0.1, -0.05) is 0 Å². The Hall–Kier alpha value is -2.36. The molecule has 10 heteroatoms. The van der Waals surface area contributed by atoms with Crippen LogP contribution < -0.4 is 5.56 Å². The first-order chi connectivity index (χ1) is 10.8. The summed E-state index contributed by atoms with van der Waals surface area (Å²) in [7, 11) is -2.65. The smallest absolute Gasteiger partial charge is 0.299 e. The van der Waals surface area contributed by atoms with Gasteiger partial charge in [0.1, 0.15) is 5.56 Å². The van der Waals surface area contributed by atoms with Gasteiger partial charge >= 0.3 is 6.18 Å². The van der Waals surface area contributed by atoms with Crippen LogP contribution in [0.15, 0.2) is 27.9 Å². The zero-order valence-corrected chi connectivity index (χ0v) is 13.7. The number of ketones is 1. The Balaban J connectivity index is 2.80. The average molecular weight is 362 g/mol. The zero-order valence-electron chi connectivity index (χ0n) is 12.9. The van der Waals surface area contributed by atoms with Crippen molar-refractivity contribution in [2.24, 2.45) is 7.05 Å².